The second-order valence-corrected chi connectivity index (χ2v) is 5.45. The van der Waals surface area contributed by atoms with Gasteiger partial charge in [0.15, 0.2) is 6.29 Å². The highest BCUT2D eigenvalue weighted by Gasteiger charge is 2.17. The van der Waals surface area contributed by atoms with Gasteiger partial charge in [0.25, 0.3) is 0 Å². The first-order valence-electron chi connectivity index (χ1n) is 7.56. The van der Waals surface area contributed by atoms with Crippen LogP contribution in [0.4, 0.5) is 0 Å². The Morgan fingerprint density at radius 1 is 1.16 bits per heavy atom. The SMILES string of the molecule is CCCC(CCC)Oc1cc2c(cc1C=O)CCC2. The molecule has 0 atom stereocenters. The van der Waals surface area contributed by atoms with Crippen molar-refractivity contribution in [1.29, 1.82) is 0 Å². The first kappa shape index (κ1) is 14.1. The van der Waals surface area contributed by atoms with Crippen LogP contribution in [0.2, 0.25) is 0 Å². The minimum Gasteiger partial charge on any atom is -0.490 e. The van der Waals surface area contributed by atoms with Crippen molar-refractivity contribution in [2.75, 3.05) is 0 Å². The molecule has 0 radical (unpaired) electrons. The summed E-state index contributed by atoms with van der Waals surface area (Å²) in [5, 5.41) is 0. The molecule has 0 aromatic heterocycles. The molecule has 1 aromatic carbocycles. The summed E-state index contributed by atoms with van der Waals surface area (Å²) in [7, 11) is 0. The summed E-state index contributed by atoms with van der Waals surface area (Å²) in [4.78, 5) is 11.2. The molecule has 0 amide bonds. The molecule has 0 saturated carbocycles. The molecule has 0 fully saturated rings. The van der Waals surface area contributed by atoms with Crippen LogP contribution in [0, 0.1) is 0 Å². The number of rotatable bonds is 7. The lowest BCUT2D eigenvalue weighted by atomic mass is 10.0. The first-order valence-corrected chi connectivity index (χ1v) is 7.56. The van der Waals surface area contributed by atoms with Gasteiger partial charge in [-0.25, -0.2) is 0 Å². The topological polar surface area (TPSA) is 26.3 Å². The summed E-state index contributed by atoms with van der Waals surface area (Å²) >= 11 is 0. The number of ether oxygens (including phenoxy) is 1. The number of hydrogen-bond donors (Lipinski definition) is 0. The van der Waals surface area contributed by atoms with Gasteiger partial charge in [0, 0.05) is 0 Å². The van der Waals surface area contributed by atoms with E-state index in [1.165, 1.54) is 17.5 Å². The van der Waals surface area contributed by atoms with Crippen molar-refractivity contribution in [1.82, 2.24) is 0 Å². The normalized spacial score (nSPS) is 13.6. The Labute approximate surface area is 116 Å². The molecule has 0 heterocycles. The second-order valence-electron chi connectivity index (χ2n) is 5.45. The van der Waals surface area contributed by atoms with Gasteiger partial charge in [0.2, 0.25) is 0 Å². The highest BCUT2D eigenvalue weighted by Crippen LogP contribution is 2.30. The summed E-state index contributed by atoms with van der Waals surface area (Å²) in [6.07, 6.45) is 8.95. The van der Waals surface area contributed by atoms with Gasteiger partial charge < -0.3 is 4.74 Å². The van der Waals surface area contributed by atoms with Crippen molar-refractivity contribution < 1.29 is 9.53 Å². The highest BCUT2D eigenvalue weighted by molar-refractivity contribution is 5.80. The molecule has 0 N–H and O–H groups in total. The number of aryl methyl sites for hydroxylation is 2. The monoisotopic (exact) mass is 260 g/mol. The number of carbonyl (C=O) groups excluding carboxylic acids is 1. The quantitative estimate of drug-likeness (QED) is 0.682. The third-order valence-corrected chi connectivity index (χ3v) is 3.87. The van der Waals surface area contributed by atoms with E-state index in [2.05, 4.69) is 19.9 Å². The molecule has 0 bridgehead atoms. The summed E-state index contributed by atoms with van der Waals surface area (Å²) < 4.78 is 6.11. The van der Waals surface area contributed by atoms with Gasteiger partial charge in [-0.05, 0) is 55.4 Å². The van der Waals surface area contributed by atoms with Crippen LogP contribution >= 0.6 is 0 Å². The predicted molar refractivity (Wildman–Crippen MR) is 78.1 cm³/mol. The molecule has 104 valence electrons. The molecule has 0 saturated heterocycles. The lowest BCUT2D eigenvalue weighted by Gasteiger charge is -2.20. The standard InChI is InChI=1S/C17H24O2/c1-3-6-16(7-4-2)19-17-11-14-9-5-8-13(14)10-15(17)12-18/h10-12,16H,3-9H2,1-2H3. The number of carbonyl (C=O) groups is 1. The summed E-state index contributed by atoms with van der Waals surface area (Å²) in [6.45, 7) is 4.35. The zero-order valence-corrected chi connectivity index (χ0v) is 12.1. The van der Waals surface area contributed by atoms with Gasteiger partial charge in [-0.1, -0.05) is 26.7 Å². The summed E-state index contributed by atoms with van der Waals surface area (Å²) in [5.74, 6) is 0.794. The maximum Gasteiger partial charge on any atom is 0.153 e. The Kier molecular flexibility index (Phi) is 5.00. The van der Waals surface area contributed by atoms with Gasteiger partial charge in [-0.15, -0.1) is 0 Å². The van der Waals surface area contributed by atoms with Crippen molar-refractivity contribution in [3.8, 4) is 5.75 Å². The third kappa shape index (κ3) is 3.37. The third-order valence-electron chi connectivity index (χ3n) is 3.87. The summed E-state index contributed by atoms with van der Waals surface area (Å²) in [6, 6.07) is 4.13. The Bertz CT molecular complexity index is 431. The van der Waals surface area contributed by atoms with E-state index in [4.69, 9.17) is 4.74 Å². The number of benzene rings is 1. The van der Waals surface area contributed by atoms with Crippen molar-refractivity contribution in [3.05, 3.63) is 28.8 Å². The minimum absolute atomic E-state index is 0.244. The molecule has 1 aliphatic rings. The van der Waals surface area contributed by atoms with Crippen LogP contribution in [0.25, 0.3) is 0 Å². The van der Waals surface area contributed by atoms with E-state index in [1.807, 2.05) is 6.07 Å². The van der Waals surface area contributed by atoms with Gasteiger partial charge >= 0.3 is 0 Å². The first-order chi connectivity index (χ1) is 9.28. The van der Waals surface area contributed by atoms with Gasteiger partial charge in [-0.2, -0.15) is 0 Å². The maximum absolute atomic E-state index is 11.2. The molecule has 0 unspecified atom stereocenters. The molecule has 2 rings (SSSR count). The smallest absolute Gasteiger partial charge is 0.153 e. The van der Waals surface area contributed by atoms with E-state index < -0.39 is 0 Å². The van der Waals surface area contributed by atoms with Crippen molar-refractivity contribution in [2.24, 2.45) is 0 Å². The lowest BCUT2D eigenvalue weighted by Crippen LogP contribution is -2.17. The average Bonchev–Trinajstić information content (AvgIpc) is 2.85. The van der Waals surface area contributed by atoms with Crippen LogP contribution in [-0.4, -0.2) is 12.4 Å². The van der Waals surface area contributed by atoms with Gasteiger partial charge in [-0.3, -0.25) is 4.79 Å². The van der Waals surface area contributed by atoms with Crippen molar-refractivity contribution in [3.63, 3.8) is 0 Å². The fourth-order valence-electron chi connectivity index (χ4n) is 2.90. The fourth-order valence-corrected chi connectivity index (χ4v) is 2.90. The van der Waals surface area contributed by atoms with E-state index in [-0.39, 0.29) is 6.10 Å². The molecular formula is C17H24O2. The van der Waals surface area contributed by atoms with E-state index in [9.17, 15) is 4.79 Å². The van der Waals surface area contributed by atoms with Crippen molar-refractivity contribution in [2.45, 2.75) is 64.9 Å². The van der Waals surface area contributed by atoms with E-state index in [0.29, 0.717) is 0 Å². The molecule has 19 heavy (non-hydrogen) atoms. The van der Waals surface area contributed by atoms with E-state index >= 15 is 0 Å². The Balaban J connectivity index is 2.20. The van der Waals surface area contributed by atoms with Gasteiger partial charge in [0.1, 0.15) is 5.75 Å². The summed E-state index contributed by atoms with van der Waals surface area (Å²) in [5.41, 5.74) is 3.42. The minimum atomic E-state index is 0.244. The Morgan fingerprint density at radius 2 is 1.79 bits per heavy atom. The number of hydrogen-bond acceptors (Lipinski definition) is 2. The lowest BCUT2D eigenvalue weighted by molar-refractivity contribution is 0.111. The number of aldehydes is 1. The zero-order chi connectivity index (χ0) is 13.7. The molecular weight excluding hydrogens is 236 g/mol. The molecule has 1 aliphatic carbocycles. The molecule has 2 heteroatoms. The van der Waals surface area contributed by atoms with E-state index in [0.717, 1.165) is 56.1 Å². The van der Waals surface area contributed by atoms with Crippen LogP contribution in [0.1, 0.15) is 67.4 Å². The van der Waals surface area contributed by atoms with Gasteiger partial charge in [0.05, 0.1) is 11.7 Å². The average molecular weight is 260 g/mol. The Hall–Kier alpha value is -1.31. The molecule has 1 aromatic rings. The van der Waals surface area contributed by atoms with Crippen LogP contribution < -0.4 is 4.74 Å². The van der Waals surface area contributed by atoms with Crippen LogP contribution in [-0.2, 0) is 12.8 Å². The molecule has 2 nitrogen and oxygen atoms in total. The zero-order valence-electron chi connectivity index (χ0n) is 12.1. The maximum atomic E-state index is 11.2. The Morgan fingerprint density at radius 3 is 2.37 bits per heavy atom. The molecule has 0 spiro atoms. The van der Waals surface area contributed by atoms with Crippen molar-refractivity contribution >= 4 is 6.29 Å². The van der Waals surface area contributed by atoms with E-state index in [1.54, 1.807) is 0 Å². The predicted octanol–water partition coefficient (Wildman–Crippen LogP) is 4.34. The number of fused-ring (bicyclic) bond motifs is 1. The fraction of sp³-hybridized carbons (Fsp3) is 0.588. The van der Waals surface area contributed by atoms with Crippen LogP contribution in [0.15, 0.2) is 12.1 Å². The van der Waals surface area contributed by atoms with Crippen LogP contribution in [0.5, 0.6) is 5.75 Å². The highest BCUT2D eigenvalue weighted by atomic mass is 16.5. The second kappa shape index (κ2) is 6.74. The molecule has 0 aliphatic heterocycles. The van der Waals surface area contributed by atoms with Crippen LogP contribution in [0.3, 0.4) is 0 Å². The largest absolute Gasteiger partial charge is 0.490 e.